The number of rotatable bonds is 2. The smallest absolute Gasteiger partial charge is 0.139 e. The van der Waals surface area contributed by atoms with E-state index >= 15 is 0 Å². The van der Waals surface area contributed by atoms with Crippen LogP contribution < -0.4 is 10.6 Å². The molecular weight excluding hydrogens is 188 g/mol. The first-order valence-corrected chi connectivity index (χ1v) is 5.33. The highest BCUT2D eigenvalue weighted by molar-refractivity contribution is 5.99. The van der Waals surface area contributed by atoms with Gasteiger partial charge in [-0.1, -0.05) is 0 Å². The Morgan fingerprint density at radius 3 is 2.73 bits per heavy atom. The molecular formula is C11H16N4. The number of pyridine rings is 1. The summed E-state index contributed by atoms with van der Waals surface area (Å²) in [7, 11) is 0. The molecule has 1 aromatic rings. The predicted molar refractivity (Wildman–Crippen MR) is 61.3 cm³/mol. The Hall–Kier alpha value is -1.58. The lowest BCUT2D eigenvalue weighted by Crippen LogP contribution is -2.32. The quantitative estimate of drug-likeness (QED) is 0.564. The van der Waals surface area contributed by atoms with Crippen molar-refractivity contribution in [2.75, 3.05) is 18.0 Å². The minimum atomic E-state index is 0.101. The van der Waals surface area contributed by atoms with E-state index in [0.717, 1.165) is 24.5 Å². The number of piperidine rings is 1. The molecule has 0 aliphatic carbocycles. The van der Waals surface area contributed by atoms with Crippen LogP contribution in [-0.4, -0.2) is 23.9 Å². The lowest BCUT2D eigenvalue weighted by atomic mass is 10.1. The second-order valence-electron chi connectivity index (χ2n) is 3.84. The van der Waals surface area contributed by atoms with Crippen molar-refractivity contribution in [2.45, 2.75) is 19.3 Å². The van der Waals surface area contributed by atoms with E-state index in [1.54, 1.807) is 6.20 Å². The zero-order valence-electron chi connectivity index (χ0n) is 8.74. The summed E-state index contributed by atoms with van der Waals surface area (Å²) in [5, 5.41) is 7.51. The van der Waals surface area contributed by atoms with E-state index in [2.05, 4.69) is 9.88 Å². The fraction of sp³-hybridized carbons (Fsp3) is 0.455. The number of amidine groups is 1. The zero-order chi connectivity index (χ0) is 10.7. The first-order chi connectivity index (χ1) is 7.29. The summed E-state index contributed by atoms with van der Waals surface area (Å²) < 4.78 is 0. The van der Waals surface area contributed by atoms with E-state index in [4.69, 9.17) is 11.1 Å². The van der Waals surface area contributed by atoms with Crippen LogP contribution in [0, 0.1) is 5.41 Å². The van der Waals surface area contributed by atoms with Gasteiger partial charge in [0.1, 0.15) is 11.7 Å². The van der Waals surface area contributed by atoms with Gasteiger partial charge in [0, 0.05) is 19.3 Å². The summed E-state index contributed by atoms with van der Waals surface area (Å²) in [6.45, 7) is 2.05. The van der Waals surface area contributed by atoms with E-state index in [-0.39, 0.29) is 5.84 Å². The Morgan fingerprint density at radius 1 is 1.33 bits per heavy atom. The van der Waals surface area contributed by atoms with E-state index in [9.17, 15) is 0 Å². The van der Waals surface area contributed by atoms with Crippen LogP contribution in [0.25, 0.3) is 0 Å². The molecule has 1 aromatic heterocycles. The van der Waals surface area contributed by atoms with E-state index < -0.39 is 0 Å². The molecule has 0 unspecified atom stereocenters. The molecule has 15 heavy (non-hydrogen) atoms. The van der Waals surface area contributed by atoms with Crippen molar-refractivity contribution in [3.05, 3.63) is 23.9 Å². The summed E-state index contributed by atoms with van der Waals surface area (Å²) >= 11 is 0. The van der Waals surface area contributed by atoms with Crippen molar-refractivity contribution >= 4 is 11.7 Å². The molecule has 3 N–H and O–H groups in total. The van der Waals surface area contributed by atoms with Crippen molar-refractivity contribution in [1.82, 2.24) is 4.98 Å². The van der Waals surface area contributed by atoms with E-state index in [1.165, 1.54) is 19.3 Å². The standard InChI is InChI=1S/C11H16N4/c12-10(13)9-5-4-6-14-11(9)15-7-2-1-3-8-15/h4-6H,1-3,7-8H2,(H3,12,13). The second-order valence-corrected chi connectivity index (χ2v) is 3.84. The van der Waals surface area contributed by atoms with Gasteiger partial charge >= 0.3 is 0 Å². The number of aromatic nitrogens is 1. The van der Waals surface area contributed by atoms with E-state index in [1.807, 2.05) is 12.1 Å². The highest BCUT2D eigenvalue weighted by Gasteiger charge is 2.16. The van der Waals surface area contributed by atoms with Crippen LogP contribution in [0.2, 0.25) is 0 Å². The van der Waals surface area contributed by atoms with Crippen LogP contribution in [-0.2, 0) is 0 Å². The fourth-order valence-corrected chi connectivity index (χ4v) is 1.96. The van der Waals surface area contributed by atoms with Crippen LogP contribution in [0.15, 0.2) is 18.3 Å². The van der Waals surface area contributed by atoms with Gasteiger partial charge < -0.3 is 10.6 Å². The summed E-state index contributed by atoms with van der Waals surface area (Å²) in [6, 6.07) is 3.68. The zero-order valence-corrected chi connectivity index (χ0v) is 8.74. The SMILES string of the molecule is N=C(N)c1cccnc1N1CCCCC1. The summed E-state index contributed by atoms with van der Waals surface area (Å²) in [4.78, 5) is 6.55. The molecule has 0 amide bonds. The number of nitrogens with two attached hydrogens (primary N) is 1. The monoisotopic (exact) mass is 204 g/mol. The van der Waals surface area contributed by atoms with Gasteiger partial charge in [0.25, 0.3) is 0 Å². The lowest BCUT2D eigenvalue weighted by Gasteiger charge is -2.29. The van der Waals surface area contributed by atoms with Crippen molar-refractivity contribution in [2.24, 2.45) is 5.73 Å². The third-order valence-corrected chi connectivity index (χ3v) is 2.73. The predicted octanol–water partition coefficient (Wildman–Crippen LogP) is 1.36. The van der Waals surface area contributed by atoms with Crippen LogP contribution in [0.3, 0.4) is 0 Å². The summed E-state index contributed by atoms with van der Waals surface area (Å²) in [5.41, 5.74) is 6.29. The van der Waals surface area contributed by atoms with Gasteiger partial charge in [-0.05, 0) is 31.4 Å². The van der Waals surface area contributed by atoms with Gasteiger partial charge in [0.15, 0.2) is 0 Å². The van der Waals surface area contributed by atoms with Gasteiger partial charge in [-0.15, -0.1) is 0 Å². The molecule has 0 spiro atoms. The van der Waals surface area contributed by atoms with Crippen LogP contribution in [0.1, 0.15) is 24.8 Å². The summed E-state index contributed by atoms with van der Waals surface area (Å²) in [5.74, 6) is 0.966. The largest absolute Gasteiger partial charge is 0.384 e. The van der Waals surface area contributed by atoms with Crippen LogP contribution >= 0.6 is 0 Å². The molecule has 2 rings (SSSR count). The molecule has 1 fully saturated rings. The number of nitrogens with zero attached hydrogens (tertiary/aromatic N) is 2. The Balaban J connectivity index is 2.29. The Labute approximate surface area is 89.6 Å². The summed E-state index contributed by atoms with van der Waals surface area (Å²) in [6.07, 6.45) is 5.46. The van der Waals surface area contributed by atoms with E-state index in [0.29, 0.717) is 0 Å². The third-order valence-electron chi connectivity index (χ3n) is 2.73. The average Bonchev–Trinajstić information content (AvgIpc) is 2.30. The topological polar surface area (TPSA) is 66.0 Å². The molecule has 4 heteroatoms. The van der Waals surface area contributed by atoms with Crippen molar-refractivity contribution in [1.29, 1.82) is 5.41 Å². The first-order valence-electron chi connectivity index (χ1n) is 5.33. The molecule has 2 heterocycles. The fourth-order valence-electron chi connectivity index (χ4n) is 1.96. The van der Waals surface area contributed by atoms with Gasteiger partial charge in [0.05, 0.1) is 5.56 Å². The van der Waals surface area contributed by atoms with Crippen molar-refractivity contribution < 1.29 is 0 Å². The number of hydrogen-bond acceptors (Lipinski definition) is 3. The van der Waals surface area contributed by atoms with Gasteiger partial charge in [-0.2, -0.15) is 0 Å². The number of hydrogen-bond donors (Lipinski definition) is 2. The Morgan fingerprint density at radius 2 is 2.07 bits per heavy atom. The third kappa shape index (κ3) is 2.09. The minimum absolute atomic E-state index is 0.101. The molecule has 4 nitrogen and oxygen atoms in total. The molecule has 1 aliphatic rings. The van der Waals surface area contributed by atoms with Gasteiger partial charge in [-0.25, -0.2) is 4.98 Å². The molecule has 0 radical (unpaired) electrons. The second kappa shape index (κ2) is 4.29. The van der Waals surface area contributed by atoms with Gasteiger partial charge in [-0.3, -0.25) is 5.41 Å². The number of nitrogen functional groups attached to an aromatic ring is 1. The Kier molecular flexibility index (Phi) is 2.85. The van der Waals surface area contributed by atoms with Crippen LogP contribution in [0.5, 0.6) is 0 Å². The molecule has 1 aliphatic heterocycles. The molecule has 80 valence electrons. The van der Waals surface area contributed by atoms with Crippen molar-refractivity contribution in [3.63, 3.8) is 0 Å². The molecule has 0 saturated carbocycles. The lowest BCUT2D eigenvalue weighted by molar-refractivity contribution is 0.573. The Bertz CT molecular complexity index is 355. The maximum Gasteiger partial charge on any atom is 0.139 e. The highest BCUT2D eigenvalue weighted by atomic mass is 15.2. The minimum Gasteiger partial charge on any atom is -0.384 e. The first kappa shape index (κ1) is 9.96. The van der Waals surface area contributed by atoms with Crippen LogP contribution in [0.4, 0.5) is 5.82 Å². The molecule has 0 bridgehead atoms. The normalized spacial score (nSPS) is 16.4. The van der Waals surface area contributed by atoms with Gasteiger partial charge in [0.2, 0.25) is 0 Å². The van der Waals surface area contributed by atoms with Crippen molar-refractivity contribution in [3.8, 4) is 0 Å². The average molecular weight is 204 g/mol. The molecule has 1 saturated heterocycles. The maximum atomic E-state index is 7.51. The number of nitrogens with one attached hydrogen (secondary N) is 1. The molecule has 0 aromatic carbocycles. The number of anilines is 1. The molecule has 0 atom stereocenters. The highest BCUT2D eigenvalue weighted by Crippen LogP contribution is 2.20. The maximum absolute atomic E-state index is 7.51.